The zero-order valence-corrected chi connectivity index (χ0v) is 14.3. The second-order valence-corrected chi connectivity index (χ2v) is 6.21. The highest BCUT2D eigenvalue weighted by molar-refractivity contribution is 7.99. The molecule has 7 heteroatoms. The predicted molar refractivity (Wildman–Crippen MR) is 95.1 cm³/mol. The van der Waals surface area contributed by atoms with E-state index in [-0.39, 0.29) is 5.88 Å². The van der Waals surface area contributed by atoms with Gasteiger partial charge in [-0.05, 0) is 36.4 Å². The number of rotatable bonds is 5. The van der Waals surface area contributed by atoms with Gasteiger partial charge in [0.15, 0.2) is 11.5 Å². The Bertz CT molecular complexity index is 843. The highest BCUT2D eigenvalue weighted by Crippen LogP contribution is 2.37. The van der Waals surface area contributed by atoms with E-state index in [1.54, 1.807) is 19.2 Å². The van der Waals surface area contributed by atoms with Crippen molar-refractivity contribution in [3.05, 3.63) is 59.9 Å². The lowest BCUT2D eigenvalue weighted by Gasteiger charge is -2.12. The Hall–Kier alpha value is -2.44. The SMILES string of the molecule is COc1ccccc1Oc1ncnc(Sc2ccc(Cl)cc2)c1N. The van der Waals surface area contributed by atoms with Gasteiger partial charge >= 0.3 is 0 Å². The Morgan fingerprint density at radius 2 is 1.71 bits per heavy atom. The van der Waals surface area contributed by atoms with Crippen molar-refractivity contribution in [3.63, 3.8) is 0 Å². The van der Waals surface area contributed by atoms with Crippen LogP contribution in [0.3, 0.4) is 0 Å². The van der Waals surface area contributed by atoms with Crippen LogP contribution in [-0.4, -0.2) is 17.1 Å². The van der Waals surface area contributed by atoms with Crippen LogP contribution in [0.4, 0.5) is 5.69 Å². The van der Waals surface area contributed by atoms with Crippen molar-refractivity contribution in [1.82, 2.24) is 9.97 Å². The number of nitrogen functional groups attached to an aromatic ring is 1. The molecular formula is C17H14ClN3O2S. The zero-order valence-electron chi connectivity index (χ0n) is 12.8. The van der Waals surface area contributed by atoms with Gasteiger partial charge in [-0.1, -0.05) is 35.5 Å². The molecular weight excluding hydrogens is 346 g/mol. The minimum absolute atomic E-state index is 0.283. The summed E-state index contributed by atoms with van der Waals surface area (Å²) in [6, 6.07) is 14.7. The Morgan fingerprint density at radius 1 is 1.00 bits per heavy atom. The van der Waals surface area contributed by atoms with Gasteiger partial charge in [0, 0.05) is 9.92 Å². The van der Waals surface area contributed by atoms with Crippen LogP contribution in [0, 0.1) is 0 Å². The molecule has 0 fully saturated rings. The minimum Gasteiger partial charge on any atom is -0.493 e. The van der Waals surface area contributed by atoms with Crippen LogP contribution in [0.1, 0.15) is 0 Å². The summed E-state index contributed by atoms with van der Waals surface area (Å²) in [7, 11) is 1.58. The lowest BCUT2D eigenvalue weighted by Crippen LogP contribution is -2.00. The summed E-state index contributed by atoms with van der Waals surface area (Å²) in [6.45, 7) is 0. The molecule has 0 aliphatic rings. The fourth-order valence-electron chi connectivity index (χ4n) is 1.95. The van der Waals surface area contributed by atoms with E-state index in [1.807, 2.05) is 36.4 Å². The molecule has 0 aliphatic heterocycles. The van der Waals surface area contributed by atoms with Crippen molar-refractivity contribution in [1.29, 1.82) is 0 Å². The largest absolute Gasteiger partial charge is 0.493 e. The zero-order chi connectivity index (χ0) is 16.9. The normalized spacial score (nSPS) is 10.4. The van der Waals surface area contributed by atoms with Gasteiger partial charge in [0.25, 0.3) is 0 Å². The second-order valence-electron chi connectivity index (χ2n) is 4.71. The number of hydrogen-bond acceptors (Lipinski definition) is 6. The fraction of sp³-hybridized carbons (Fsp3) is 0.0588. The lowest BCUT2D eigenvalue weighted by atomic mass is 10.3. The molecule has 0 radical (unpaired) electrons. The quantitative estimate of drug-likeness (QED) is 0.668. The number of anilines is 1. The summed E-state index contributed by atoms with van der Waals surface area (Å²) < 4.78 is 11.1. The molecule has 0 atom stereocenters. The summed E-state index contributed by atoms with van der Waals surface area (Å²) in [5.74, 6) is 1.42. The third-order valence-corrected chi connectivity index (χ3v) is 4.39. The van der Waals surface area contributed by atoms with Gasteiger partial charge in [-0.15, -0.1) is 0 Å². The van der Waals surface area contributed by atoms with E-state index in [9.17, 15) is 0 Å². The molecule has 0 unspecified atom stereocenters. The topological polar surface area (TPSA) is 70.3 Å². The molecule has 0 spiro atoms. The van der Waals surface area contributed by atoms with Crippen LogP contribution < -0.4 is 15.2 Å². The Labute approximate surface area is 148 Å². The van der Waals surface area contributed by atoms with E-state index >= 15 is 0 Å². The third kappa shape index (κ3) is 3.72. The Morgan fingerprint density at radius 3 is 2.42 bits per heavy atom. The van der Waals surface area contributed by atoms with Crippen molar-refractivity contribution in [2.45, 2.75) is 9.92 Å². The first-order valence-corrected chi connectivity index (χ1v) is 8.21. The van der Waals surface area contributed by atoms with Crippen LogP contribution in [0.5, 0.6) is 17.4 Å². The number of ether oxygens (including phenoxy) is 2. The van der Waals surface area contributed by atoms with Crippen molar-refractivity contribution < 1.29 is 9.47 Å². The van der Waals surface area contributed by atoms with Gasteiger partial charge in [-0.25, -0.2) is 4.98 Å². The number of nitrogens with two attached hydrogens (primary N) is 1. The van der Waals surface area contributed by atoms with Gasteiger partial charge in [0.2, 0.25) is 5.88 Å². The molecule has 0 amide bonds. The molecule has 3 aromatic rings. The number of aromatic nitrogens is 2. The molecule has 2 aromatic carbocycles. The smallest absolute Gasteiger partial charge is 0.247 e. The first-order chi connectivity index (χ1) is 11.7. The van der Waals surface area contributed by atoms with Gasteiger partial charge in [0.1, 0.15) is 17.0 Å². The molecule has 1 aromatic heterocycles. The van der Waals surface area contributed by atoms with Crippen LogP contribution in [0.25, 0.3) is 0 Å². The number of methoxy groups -OCH3 is 1. The summed E-state index contributed by atoms with van der Waals surface area (Å²) in [5, 5.41) is 1.28. The lowest BCUT2D eigenvalue weighted by molar-refractivity contribution is 0.374. The fourth-order valence-corrected chi connectivity index (χ4v) is 2.87. The van der Waals surface area contributed by atoms with Gasteiger partial charge in [-0.3, -0.25) is 0 Å². The van der Waals surface area contributed by atoms with Gasteiger partial charge in [0.05, 0.1) is 7.11 Å². The maximum atomic E-state index is 6.16. The van der Waals surface area contributed by atoms with E-state index in [0.717, 1.165) is 4.90 Å². The van der Waals surface area contributed by atoms with Crippen LogP contribution in [0.2, 0.25) is 5.02 Å². The number of nitrogens with zero attached hydrogens (tertiary/aromatic N) is 2. The van der Waals surface area contributed by atoms with Gasteiger partial charge in [-0.2, -0.15) is 4.98 Å². The van der Waals surface area contributed by atoms with E-state index in [2.05, 4.69) is 9.97 Å². The van der Waals surface area contributed by atoms with Crippen molar-refractivity contribution >= 4 is 29.1 Å². The van der Waals surface area contributed by atoms with Crippen LogP contribution in [-0.2, 0) is 0 Å². The van der Waals surface area contributed by atoms with Crippen molar-refractivity contribution in [2.75, 3.05) is 12.8 Å². The van der Waals surface area contributed by atoms with Gasteiger partial charge < -0.3 is 15.2 Å². The molecule has 0 saturated carbocycles. The highest BCUT2D eigenvalue weighted by Gasteiger charge is 2.13. The first kappa shape index (κ1) is 16.4. The summed E-state index contributed by atoms with van der Waals surface area (Å²) in [4.78, 5) is 9.31. The molecule has 24 heavy (non-hydrogen) atoms. The van der Waals surface area contributed by atoms with E-state index < -0.39 is 0 Å². The standard InChI is InChI=1S/C17H14ClN3O2S/c1-22-13-4-2-3-5-14(13)23-16-15(19)17(21-10-20-16)24-12-8-6-11(18)7-9-12/h2-10H,19H2,1H3. The van der Waals surface area contributed by atoms with E-state index in [4.69, 9.17) is 26.8 Å². The molecule has 0 saturated heterocycles. The summed E-state index contributed by atoms with van der Waals surface area (Å²) in [6.07, 6.45) is 1.42. The van der Waals surface area contributed by atoms with Crippen LogP contribution in [0.15, 0.2) is 64.8 Å². The Kier molecular flexibility index (Phi) is 5.08. The molecule has 3 rings (SSSR count). The maximum absolute atomic E-state index is 6.16. The molecule has 0 aliphatic carbocycles. The maximum Gasteiger partial charge on any atom is 0.247 e. The number of benzene rings is 2. The second kappa shape index (κ2) is 7.42. The first-order valence-electron chi connectivity index (χ1n) is 7.02. The average molecular weight is 360 g/mol. The Balaban J connectivity index is 1.86. The third-order valence-electron chi connectivity index (χ3n) is 3.11. The minimum atomic E-state index is 0.283. The molecule has 122 valence electrons. The monoisotopic (exact) mass is 359 g/mol. The molecule has 5 nitrogen and oxygen atoms in total. The van der Waals surface area contributed by atoms with E-state index in [1.165, 1.54) is 18.1 Å². The summed E-state index contributed by atoms with van der Waals surface area (Å²) >= 11 is 7.31. The number of halogens is 1. The number of hydrogen-bond donors (Lipinski definition) is 1. The predicted octanol–water partition coefficient (Wildman–Crippen LogP) is 4.66. The van der Waals surface area contributed by atoms with Crippen molar-refractivity contribution in [2.24, 2.45) is 0 Å². The highest BCUT2D eigenvalue weighted by atomic mass is 35.5. The average Bonchev–Trinajstić information content (AvgIpc) is 2.61. The van der Waals surface area contributed by atoms with E-state index in [0.29, 0.717) is 27.2 Å². The number of para-hydroxylation sites is 2. The molecule has 1 heterocycles. The van der Waals surface area contributed by atoms with Crippen molar-refractivity contribution in [3.8, 4) is 17.4 Å². The summed E-state index contributed by atoms with van der Waals surface area (Å²) in [5.41, 5.74) is 6.53. The molecule has 2 N–H and O–H groups in total. The van der Waals surface area contributed by atoms with Crippen LogP contribution >= 0.6 is 23.4 Å². The molecule has 0 bridgehead atoms.